The molecule has 112 valence electrons. The zero-order valence-electron chi connectivity index (χ0n) is 11.5. The molecule has 6 heteroatoms. The third kappa shape index (κ3) is 3.93. The van der Waals surface area contributed by atoms with Gasteiger partial charge in [0.25, 0.3) is 5.91 Å². The Morgan fingerprint density at radius 3 is 2.75 bits per heavy atom. The molecule has 1 aromatic carbocycles. The van der Waals surface area contributed by atoms with Gasteiger partial charge in [0.15, 0.2) is 0 Å². The lowest BCUT2D eigenvalue weighted by Gasteiger charge is -2.36. The maximum absolute atomic E-state index is 13.4. The Morgan fingerprint density at radius 1 is 1.45 bits per heavy atom. The molecule has 1 fully saturated rings. The summed E-state index contributed by atoms with van der Waals surface area (Å²) >= 11 is 3.08. The Hall–Kier alpha value is -0.650. The van der Waals surface area contributed by atoms with Crippen LogP contribution in [0.15, 0.2) is 22.7 Å². The van der Waals surface area contributed by atoms with E-state index in [1.807, 2.05) is 0 Å². The summed E-state index contributed by atoms with van der Waals surface area (Å²) in [4.78, 5) is 12.1. The summed E-state index contributed by atoms with van der Waals surface area (Å²) in [6.45, 7) is 5.16. The Balaban J connectivity index is 0.00000200. The van der Waals surface area contributed by atoms with Crippen molar-refractivity contribution < 1.29 is 9.18 Å². The van der Waals surface area contributed by atoms with Crippen LogP contribution in [0.1, 0.15) is 30.6 Å². The number of amides is 1. The number of piperidine rings is 1. The summed E-state index contributed by atoms with van der Waals surface area (Å²) in [5, 5.41) is 6.34. The molecule has 1 heterocycles. The monoisotopic (exact) mass is 364 g/mol. The molecule has 1 aromatic rings. The third-order valence-electron chi connectivity index (χ3n) is 3.70. The van der Waals surface area contributed by atoms with Gasteiger partial charge in [-0.3, -0.25) is 4.79 Å². The topological polar surface area (TPSA) is 41.1 Å². The molecule has 20 heavy (non-hydrogen) atoms. The summed E-state index contributed by atoms with van der Waals surface area (Å²) in [5.74, 6) is -0.227. The van der Waals surface area contributed by atoms with Gasteiger partial charge in [0.1, 0.15) is 5.82 Å². The van der Waals surface area contributed by atoms with Crippen LogP contribution in [0.4, 0.5) is 4.39 Å². The quantitative estimate of drug-likeness (QED) is 0.845. The molecule has 1 saturated heterocycles. The zero-order chi connectivity index (χ0) is 14.0. The first-order valence-electron chi connectivity index (χ1n) is 6.48. The van der Waals surface area contributed by atoms with Crippen LogP contribution in [0, 0.1) is 11.7 Å². The molecule has 2 N–H and O–H groups in total. The van der Waals surface area contributed by atoms with E-state index >= 15 is 0 Å². The fourth-order valence-corrected chi connectivity index (χ4v) is 2.72. The molecule has 3 unspecified atom stereocenters. The van der Waals surface area contributed by atoms with Crippen LogP contribution in [0.2, 0.25) is 0 Å². The van der Waals surface area contributed by atoms with Crippen LogP contribution in [0.25, 0.3) is 0 Å². The van der Waals surface area contributed by atoms with Crippen molar-refractivity contribution in [2.45, 2.75) is 32.4 Å². The molecule has 0 aromatic heterocycles. The third-order valence-corrected chi connectivity index (χ3v) is 4.34. The van der Waals surface area contributed by atoms with E-state index in [1.165, 1.54) is 6.07 Å². The summed E-state index contributed by atoms with van der Waals surface area (Å²) in [5.41, 5.74) is 0.352. The van der Waals surface area contributed by atoms with Gasteiger partial charge >= 0.3 is 0 Å². The summed E-state index contributed by atoms with van der Waals surface area (Å²) in [6.07, 6.45) is 1.03. The number of carbonyl (C=O) groups excluding carboxylic acids is 1. The molecule has 0 bridgehead atoms. The molecule has 1 amide bonds. The van der Waals surface area contributed by atoms with Gasteiger partial charge in [-0.25, -0.2) is 4.39 Å². The van der Waals surface area contributed by atoms with Gasteiger partial charge in [-0.1, -0.05) is 6.92 Å². The smallest absolute Gasteiger partial charge is 0.251 e. The largest absolute Gasteiger partial charge is 0.347 e. The molecular weight excluding hydrogens is 347 g/mol. The molecule has 0 radical (unpaired) electrons. The van der Waals surface area contributed by atoms with Gasteiger partial charge in [-0.05, 0) is 59.9 Å². The first kappa shape index (κ1) is 17.4. The first-order valence-corrected chi connectivity index (χ1v) is 7.27. The zero-order valence-corrected chi connectivity index (χ0v) is 13.9. The SMILES string of the molecule is CC1CCNC(C)C1NC(=O)c1ccc(Br)c(F)c1.Cl. The Morgan fingerprint density at radius 2 is 2.15 bits per heavy atom. The van der Waals surface area contributed by atoms with Gasteiger partial charge in [0.2, 0.25) is 0 Å². The second-order valence-electron chi connectivity index (χ2n) is 5.14. The minimum absolute atomic E-state index is 0. The standard InChI is InChI=1S/C14H18BrFN2O.ClH/c1-8-5-6-17-9(2)13(8)18-14(19)10-3-4-11(15)12(16)7-10;/h3-4,7-9,13,17H,5-6H2,1-2H3,(H,18,19);1H. The van der Waals surface area contributed by atoms with Crippen molar-refractivity contribution in [1.82, 2.24) is 10.6 Å². The van der Waals surface area contributed by atoms with Crippen molar-refractivity contribution in [2.75, 3.05) is 6.54 Å². The van der Waals surface area contributed by atoms with Gasteiger partial charge in [-0.2, -0.15) is 0 Å². The predicted molar refractivity (Wildman–Crippen MR) is 83.8 cm³/mol. The number of halogens is 3. The van der Waals surface area contributed by atoms with E-state index in [9.17, 15) is 9.18 Å². The van der Waals surface area contributed by atoms with Crippen LogP contribution in [0.3, 0.4) is 0 Å². The Bertz CT molecular complexity index is 476. The highest BCUT2D eigenvalue weighted by Gasteiger charge is 2.28. The number of rotatable bonds is 2. The molecule has 0 aliphatic carbocycles. The number of nitrogens with one attached hydrogen (secondary N) is 2. The van der Waals surface area contributed by atoms with Crippen LogP contribution in [-0.2, 0) is 0 Å². The number of hydrogen-bond donors (Lipinski definition) is 2. The van der Waals surface area contributed by atoms with Crippen molar-refractivity contribution in [3.05, 3.63) is 34.1 Å². The summed E-state index contributed by atoms with van der Waals surface area (Å²) < 4.78 is 13.8. The van der Waals surface area contributed by atoms with Gasteiger partial charge < -0.3 is 10.6 Å². The highest BCUT2D eigenvalue weighted by Crippen LogP contribution is 2.19. The lowest BCUT2D eigenvalue weighted by molar-refractivity contribution is 0.0897. The first-order chi connectivity index (χ1) is 8.99. The van der Waals surface area contributed by atoms with E-state index in [0.29, 0.717) is 16.0 Å². The van der Waals surface area contributed by atoms with Crippen molar-refractivity contribution in [3.63, 3.8) is 0 Å². The summed E-state index contributed by atoms with van der Waals surface area (Å²) in [7, 11) is 0. The number of carbonyl (C=O) groups is 1. The van der Waals surface area contributed by atoms with E-state index in [2.05, 4.69) is 40.4 Å². The molecule has 0 spiro atoms. The van der Waals surface area contributed by atoms with E-state index in [4.69, 9.17) is 0 Å². The minimum atomic E-state index is -0.421. The number of hydrogen-bond acceptors (Lipinski definition) is 2. The van der Waals surface area contributed by atoms with Crippen molar-refractivity contribution in [1.29, 1.82) is 0 Å². The van der Waals surface area contributed by atoms with E-state index in [0.717, 1.165) is 13.0 Å². The van der Waals surface area contributed by atoms with Crippen molar-refractivity contribution >= 4 is 34.2 Å². The average Bonchev–Trinajstić information content (AvgIpc) is 2.37. The van der Waals surface area contributed by atoms with Crippen molar-refractivity contribution in [2.24, 2.45) is 5.92 Å². The van der Waals surface area contributed by atoms with E-state index in [1.54, 1.807) is 12.1 Å². The maximum atomic E-state index is 13.4. The molecule has 1 aliphatic heterocycles. The molecule has 0 saturated carbocycles. The predicted octanol–water partition coefficient (Wildman–Crippen LogP) is 3.13. The highest BCUT2D eigenvalue weighted by atomic mass is 79.9. The fourth-order valence-electron chi connectivity index (χ4n) is 2.48. The Labute approximate surface area is 133 Å². The second kappa shape index (κ2) is 7.38. The van der Waals surface area contributed by atoms with Crippen LogP contribution in [0.5, 0.6) is 0 Å². The van der Waals surface area contributed by atoms with Gasteiger partial charge in [0.05, 0.1) is 4.47 Å². The highest BCUT2D eigenvalue weighted by molar-refractivity contribution is 9.10. The lowest BCUT2D eigenvalue weighted by Crippen LogP contribution is -2.55. The maximum Gasteiger partial charge on any atom is 0.251 e. The average molecular weight is 366 g/mol. The lowest BCUT2D eigenvalue weighted by atomic mass is 9.89. The van der Waals surface area contributed by atoms with Crippen LogP contribution in [-0.4, -0.2) is 24.5 Å². The van der Waals surface area contributed by atoms with Crippen LogP contribution >= 0.6 is 28.3 Å². The molecule has 1 aliphatic rings. The minimum Gasteiger partial charge on any atom is -0.347 e. The van der Waals surface area contributed by atoms with Gasteiger partial charge in [0, 0.05) is 17.6 Å². The number of benzene rings is 1. The second-order valence-corrected chi connectivity index (χ2v) is 5.99. The molecule has 3 atom stereocenters. The molecular formula is C14H19BrClFN2O. The molecule has 3 nitrogen and oxygen atoms in total. The molecule has 2 rings (SSSR count). The van der Waals surface area contributed by atoms with Crippen molar-refractivity contribution in [3.8, 4) is 0 Å². The summed E-state index contributed by atoms with van der Waals surface area (Å²) in [6, 6.07) is 4.73. The van der Waals surface area contributed by atoms with Crippen LogP contribution < -0.4 is 10.6 Å². The van der Waals surface area contributed by atoms with E-state index in [-0.39, 0.29) is 30.4 Å². The Kier molecular flexibility index (Phi) is 6.43. The van der Waals surface area contributed by atoms with Gasteiger partial charge in [-0.15, -0.1) is 12.4 Å². The normalized spacial score (nSPS) is 25.7. The van der Waals surface area contributed by atoms with E-state index < -0.39 is 5.82 Å². The fraction of sp³-hybridized carbons (Fsp3) is 0.500.